The minimum atomic E-state index is -0.510. The van der Waals surface area contributed by atoms with E-state index in [4.69, 9.17) is 4.74 Å². The summed E-state index contributed by atoms with van der Waals surface area (Å²) in [5, 5.41) is 9.63. The number of carbonyl (C=O) groups is 1. The van der Waals surface area contributed by atoms with Crippen molar-refractivity contribution in [2.24, 2.45) is 4.99 Å². The Morgan fingerprint density at radius 1 is 1.19 bits per heavy atom. The molecule has 2 rings (SSSR count). The first-order valence-electron chi connectivity index (χ1n) is 9.13. The van der Waals surface area contributed by atoms with Crippen LogP contribution in [0.1, 0.15) is 52.5 Å². The first-order valence-corrected chi connectivity index (χ1v) is 9.13. The van der Waals surface area contributed by atoms with E-state index >= 15 is 0 Å². The molecule has 1 amide bonds. The van der Waals surface area contributed by atoms with E-state index < -0.39 is 17.2 Å². The van der Waals surface area contributed by atoms with Gasteiger partial charge in [-0.3, -0.25) is 4.99 Å². The molecule has 1 aromatic rings. The van der Waals surface area contributed by atoms with Crippen LogP contribution in [0, 0.1) is 0 Å². The summed E-state index contributed by atoms with van der Waals surface area (Å²) in [5.74, 6) is 1.27. The van der Waals surface area contributed by atoms with Crippen molar-refractivity contribution in [3.63, 3.8) is 0 Å². The van der Waals surface area contributed by atoms with Gasteiger partial charge in [0, 0.05) is 25.6 Å². The van der Waals surface area contributed by atoms with Gasteiger partial charge >= 0.3 is 6.09 Å². The van der Waals surface area contributed by atoms with Crippen molar-refractivity contribution in [3.8, 4) is 0 Å². The molecule has 0 bridgehead atoms. The van der Waals surface area contributed by atoms with Gasteiger partial charge in [-0.2, -0.15) is 0 Å². The van der Waals surface area contributed by atoms with Crippen LogP contribution in [0.2, 0.25) is 0 Å². The fraction of sp³-hybridized carbons (Fsp3) is 0.600. The molecule has 0 spiro atoms. The molecule has 0 saturated heterocycles. The van der Waals surface area contributed by atoms with E-state index in [0.717, 1.165) is 12.4 Å². The van der Waals surface area contributed by atoms with Gasteiger partial charge in [-0.25, -0.2) is 4.79 Å². The monoisotopic (exact) mass is 360 g/mol. The maximum Gasteiger partial charge on any atom is 0.408 e. The lowest BCUT2D eigenvalue weighted by Crippen LogP contribution is -2.54. The van der Waals surface area contributed by atoms with Crippen LogP contribution >= 0.6 is 0 Å². The summed E-state index contributed by atoms with van der Waals surface area (Å²) in [7, 11) is 1.75. The highest BCUT2D eigenvalue weighted by Crippen LogP contribution is 2.40. The molecule has 0 heterocycles. The molecule has 1 fully saturated rings. The van der Waals surface area contributed by atoms with Crippen molar-refractivity contribution in [2.75, 3.05) is 13.6 Å². The van der Waals surface area contributed by atoms with Crippen LogP contribution in [0.25, 0.3) is 0 Å². The van der Waals surface area contributed by atoms with Crippen molar-refractivity contribution < 1.29 is 9.53 Å². The molecule has 6 nitrogen and oxygen atoms in total. The Morgan fingerprint density at radius 3 is 2.42 bits per heavy atom. The van der Waals surface area contributed by atoms with Crippen molar-refractivity contribution in [2.45, 2.75) is 64.1 Å². The standard InChI is InChI=1S/C20H32N4O2/c1-19(2,3)26-18(25)24-20(4,5)13-22-17(21-6)23-16-12-15(16)14-10-8-7-9-11-14/h7-11,15-16H,12-13H2,1-6H3,(H,24,25)(H2,21,22,23). The van der Waals surface area contributed by atoms with Crippen LogP contribution < -0.4 is 16.0 Å². The Kier molecular flexibility index (Phi) is 6.16. The number of guanidine groups is 1. The van der Waals surface area contributed by atoms with Crippen LogP contribution in [0.4, 0.5) is 4.79 Å². The molecule has 0 aromatic heterocycles. The zero-order valence-corrected chi connectivity index (χ0v) is 16.7. The predicted molar refractivity (Wildman–Crippen MR) is 106 cm³/mol. The number of hydrogen-bond acceptors (Lipinski definition) is 3. The first kappa shape index (κ1) is 20.1. The number of benzene rings is 1. The molecule has 2 atom stereocenters. The second-order valence-electron chi connectivity index (χ2n) is 8.44. The number of rotatable bonds is 5. The Morgan fingerprint density at radius 2 is 1.85 bits per heavy atom. The zero-order chi connectivity index (χ0) is 19.4. The van der Waals surface area contributed by atoms with Crippen LogP contribution in [-0.2, 0) is 4.74 Å². The van der Waals surface area contributed by atoms with Crippen molar-refractivity contribution >= 4 is 12.1 Å². The van der Waals surface area contributed by atoms with E-state index in [-0.39, 0.29) is 0 Å². The van der Waals surface area contributed by atoms with E-state index in [9.17, 15) is 4.79 Å². The Bertz CT molecular complexity index is 635. The van der Waals surface area contributed by atoms with E-state index in [1.807, 2.05) is 40.7 Å². The third-order valence-electron chi connectivity index (χ3n) is 4.10. The smallest absolute Gasteiger partial charge is 0.408 e. The summed E-state index contributed by atoms with van der Waals surface area (Å²) in [4.78, 5) is 16.3. The van der Waals surface area contributed by atoms with Gasteiger partial charge in [-0.1, -0.05) is 30.3 Å². The zero-order valence-electron chi connectivity index (χ0n) is 16.7. The summed E-state index contributed by atoms with van der Waals surface area (Å²) in [6, 6.07) is 10.9. The largest absolute Gasteiger partial charge is 0.444 e. The summed E-state index contributed by atoms with van der Waals surface area (Å²) < 4.78 is 5.32. The van der Waals surface area contributed by atoms with E-state index in [1.165, 1.54) is 5.56 Å². The molecule has 1 aliphatic rings. The second kappa shape index (κ2) is 7.98. The topological polar surface area (TPSA) is 74.8 Å². The quantitative estimate of drug-likeness (QED) is 0.557. The predicted octanol–water partition coefficient (Wildman–Crippen LogP) is 3.01. The first-order chi connectivity index (χ1) is 12.1. The van der Waals surface area contributed by atoms with E-state index in [2.05, 4.69) is 45.2 Å². The van der Waals surface area contributed by atoms with Gasteiger partial charge in [0.2, 0.25) is 0 Å². The maximum atomic E-state index is 12.0. The van der Waals surface area contributed by atoms with Crippen molar-refractivity contribution in [1.82, 2.24) is 16.0 Å². The fourth-order valence-corrected chi connectivity index (χ4v) is 2.72. The molecule has 1 saturated carbocycles. The molecule has 1 aromatic carbocycles. The Balaban J connectivity index is 1.79. The lowest BCUT2D eigenvalue weighted by Gasteiger charge is -2.29. The molecule has 0 radical (unpaired) electrons. The average Bonchev–Trinajstić information content (AvgIpc) is 3.29. The van der Waals surface area contributed by atoms with Crippen molar-refractivity contribution in [3.05, 3.63) is 35.9 Å². The highest BCUT2D eigenvalue weighted by atomic mass is 16.6. The summed E-state index contributed by atoms with van der Waals surface area (Å²) in [5.41, 5.74) is 0.374. The molecule has 6 heteroatoms. The normalized spacial score (nSPS) is 20.3. The molecule has 2 unspecified atom stereocenters. The lowest BCUT2D eigenvalue weighted by atomic mass is 10.1. The summed E-state index contributed by atoms with van der Waals surface area (Å²) in [6.07, 6.45) is 0.683. The minimum Gasteiger partial charge on any atom is -0.444 e. The van der Waals surface area contributed by atoms with Crippen LogP contribution in [0.5, 0.6) is 0 Å². The molecular weight excluding hydrogens is 328 g/mol. The van der Waals surface area contributed by atoms with Crippen LogP contribution in [0.3, 0.4) is 0 Å². The number of hydrogen-bond donors (Lipinski definition) is 3. The van der Waals surface area contributed by atoms with Gasteiger partial charge in [-0.15, -0.1) is 0 Å². The number of nitrogens with one attached hydrogen (secondary N) is 3. The van der Waals surface area contributed by atoms with E-state index in [0.29, 0.717) is 18.5 Å². The third kappa shape index (κ3) is 6.58. The molecule has 3 N–H and O–H groups in total. The van der Waals surface area contributed by atoms with Crippen LogP contribution in [-0.4, -0.2) is 42.8 Å². The molecular formula is C20H32N4O2. The number of amides is 1. The molecule has 26 heavy (non-hydrogen) atoms. The van der Waals surface area contributed by atoms with Gasteiger partial charge in [0.15, 0.2) is 5.96 Å². The summed E-state index contributed by atoms with van der Waals surface area (Å²) >= 11 is 0. The molecule has 144 valence electrons. The fourth-order valence-electron chi connectivity index (χ4n) is 2.72. The number of aliphatic imine (C=N–C) groups is 1. The van der Waals surface area contributed by atoms with Gasteiger partial charge in [0.1, 0.15) is 5.60 Å². The van der Waals surface area contributed by atoms with Gasteiger partial charge < -0.3 is 20.7 Å². The average molecular weight is 361 g/mol. The third-order valence-corrected chi connectivity index (χ3v) is 4.10. The second-order valence-corrected chi connectivity index (χ2v) is 8.44. The number of alkyl carbamates (subject to hydrolysis) is 1. The lowest BCUT2D eigenvalue weighted by molar-refractivity contribution is 0.0474. The van der Waals surface area contributed by atoms with Gasteiger partial charge in [-0.05, 0) is 46.6 Å². The Labute approximate surface area is 156 Å². The van der Waals surface area contributed by atoms with Crippen LogP contribution in [0.15, 0.2) is 35.3 Å². The van der Waals surface area contributed by atoms with E-state index in [1.54, 1.807) is 7.05 Å². The Hall–Kier alpha value is -2.24. The number of carbonyl (C=O) groups excluding carboxylic acids is 1. The van der Waals surface area contributed by atoms with Gasteiger partial charge in [0.05, 0.1) is 5.54 Å². The van der Waals surface area contributed by atoms with Crippen molar-refractivity contribution in [1.29, 1.82) is 0 Å². The number of nitrogens with zero attached hydrogens (tertiary/aromatic N) is 1. The summed E-state index contributed by atoms with van der Waals surface area (Å²) in [6.45, 7) is 9.98. The molecule has 1 aliphatic carbocycles. The SMILES string of the molecule is CN=C(NCC(C)(C)NC(=O)OC(C)(C)C)NC1CC1c1ccccc1. The number of ether oxygens (including phenoxy) is 1. The highest BCUT2D eigenvalue weighted by Gasteiger charge is 2.39. The highest BCUT2D eigenvalue weighted by molar-refractivity contribution is 5.80. The molecule has 0 aliphatic heterocycles. The van der Waals surface area contributed by atoms with Gasteiger partial charge in [0.25, 0.3) is 0 Å². The minimum absolute atomic E-state index is 0.394. The maximum absolute atomic E-state index is 12.0.